The molecule has 0 aromatic carbocycles. The number of hydrogen-bond donors (Lipinski definition) is 0. The van der Waals surface area contributed by atoms with Crippen LogP contribution in [0.1, 0.15) is 6.42 Å². The fraction of sp³-hybridized carbons (Fsp3) is 0.714. The Labute approximate surface area is 88.6 Å². The van der Waals surface area contributed by atoms with Crippen LogP contribution in [0.2, 0.25) is 0 Å². The van der Waals surface area contributed by atoms with Crippen LogP contribution in [0.25, 0.3) is 0 Å². The van der Waals surface area contributed by atoms with Crippen LogP contribution < -0.4 is 0 Å². The molecular weight excluding hydrogens is 274 g/mol. The van der Waals surface area contributed by atoms with Gasteiger partial charge in [0.25, 0.3) is 0 Å². The van der Waals surface area contributed by atoms with Gasteiger partial charge in [-0.25, -0.2) is 4.39 Å². The van der Waals surface area contributed by atoms with Crippen molar-refractivity contribution in [2.45, 2.75) is 30.1 Å². The van der Waals surface area contributed by atoms with Gasteiger partial charge in [0.15, 0.2) is 0 Å². The van der Waals surface area contributed by atoms with Gasteiger partial charge in [0.1, 0.15) is 0 Å². The molecule has 0 spiro atoms. The topological polar surface area (TPSA) is 0 Å². The van der Waals surface area contributed by atoms with Gasteiger partial charge in [-0.05, 0) is 6.92 Å². The van der Waals surface area contributed by atoms with Crippen molar-refractivity contribution in [3.05, 3.63) is 13.3 Å². The molecule has 0 aliphatic rings. The summed E-state index contributed by atoms with van der Waals surface area (Å²) in [6.07, 6.45) is -13.6. The largest absolute Gasteiger partial charge is 0.435 e. The summed E-state index contributed by atoms with van der Waals surface area (Å²) in [6, 6.07) is 0. The Bertz CT molecular complexity index is 266. The highest BCUT2D eigenvalue weighted by atomic mass is 19.4. The third kappa shape index (κ3) is 2.17. The van der Waals surface area contributed by atoms with Gasteiger partial charge in [-0.3, -0.25) is 0 Å². The second-order valence-electron chi connectivity index (χ2n) is 2.95. The van der Waals surface area contributed by atoms with E-state index >= 15 is 0 Å². The predicted molar refractivity (Wildman–Crippen MR) is 35.2 cm³/mol. The first-order valence-corrected chi connectivity index (χ1v) is 3.74. The summed E-state index contributed by atoms with van der Waals surface area (Å²) >= 11 is 0. The zero-order valence-corrected chi connectivity index (χ0v) is 7.69. The lowest BCUT2D eigenvalue weighted by molar-refractivity contribution is -0.360. The van der Waals surface area contributed by atoms with E-state index in [1.165, 1.54) is 0 Å². The van der Waals surface area contributed by atoms with Gasteiger partial charge in [0, 0.05) is 6.42 Å². The maximum atomic E-state index is 12.7. The SMILES string of the molecule is [CH2]CC(F)(F)C(F)(F)C(F)([C](F)F)C(F)(F)F. The Morgan fingerprint density at radius 2 is 1.18 bits per heavy atom. The molecule has 0 N–H and O–H groups in total. The molecule has 0 amide bonds. The summed E-state index contributed by atoms with van der Waals surface area (Å²) < 4.78 is 122. The third-order valence-electron chi connectivity index (χ3n) is 1.86. The van der Waals surface area contributed by atoms with Gasteiger partial charge in [-0.2, -0.15) is 39.5 Å². The van der Waals surface area contributed by atoms with E-state index in [1.54, 1.807) is 0 Å². The lowest BCUT2D eigenvalue weighted by Gasteiger charge is -2.37. The standard InChI is InChI=1S/C7H4F10/c1-2-4(10,11)6(13,14)5(12,3(8)9)7(15,16)17/h1-2H2. The second kappa shape index (κ2) is 4.20. The van der Waals surface area contributed by atoms with Crippen LogP contribution in [0.15, 0.2) is 0 Å². The van der Waals surface area contributed by atoms with Gasteiger partial charge in [-0.1, -0.05) is 0 Å². The molecule has 0 aromatic heterocycles. The third-order valence-corrected chi connectivity index (χ3v) is 1.86. The molecule has 0 saturated carbocycles. The molecule has 2 radical (unpaired) electrons. The molecule has 102 valence electrons. The first-order valence-electron chi connectivity index (χ1n) is 3.74. The van der Waals surface area contributed by atoms with E-state index in [1.807, 2.05) is 0 Å². The maximum Gasteiger partial charge on any atom is 0.435 e. The highest BCUT2D eigenvalue weighted by Gasteiger charge is 2.84. The summed E-state index contributed by atoms with van der Waals surface area (Å²) in [5.74, 6) is -12.3. The van der Waals surface area contributed by atoms with Crippen molar-refractivity contribution in [3.8, 4) is 0 Å². The monoisotopic (exact) mass is 278 g/mol. The van der Waals surface area contributed by atoms with Crippen molar-refractivity contribution in [1.29, 1.82) is 0 Å². The Kier molecular flexibility index (Phi) is 4.03. The summed E-state index contributed by atoms with van der Waals surface area (Å²) in [6.45, 7) is 2.16. The molecule has 1 unspecified atom stereocenters. The molecule has 0 nitrogen and oxygen atoms in total. The minimum absolute atomic E-state index is 2.16. The average molecular weight is 278 g/mol. The van der Waals surface area contributed by atoms with Crippen molar-refractivity contribution in [2.24, 2.45) is 0 Å². The second-order valence-corrected chi connectivity index (χ2v) is 2.95. The first-order chi connectivity index (χ1) is 7.25. The van der Waals surface area contributed by atoms with Crippen LogP contribution in [0.5, 0.6) is 0 Å². The molecular formula is C7H4F10. The van der Waals surface area contributed by atoms with E-state index in [2.05, 4.69) is 6.92 Å². The zero-order chi connectivity index (χ0) is 14.3. The summed E-state index contributed by atoms with van der Waals surface area (Å²) in [5, 5.41) is 0. The minimum atomic E-state index is -6.89. The van der Waals surface area contributed by atoms with Crippen molar-refractivity contribution >= 4 is 0 Å². The Hall–Kier alpha value is -0.700. The van der Waals surface area contributed by atoms with Gasteiger partial charge >= 0.3 is 30.1 Å². The lowest BCUT2D eigenvalue weighted by atomic mass is 9.90. The summed E-state index contributed by atoms with van der Waals surface area (Å²) in [7, 11) is 0. The molecule has 0 aromatic rings. The van der Waals surface area contributed by atoms with Crippen LogP contribution in [-0.4, -0.2) is 23.7 Å². The van der Waals surface area contributed by atoms with E-state index in [9.17, 15) is 43.9 Å². The van der Waals surface area contributed by atoms with Crippen molar-refractivity contribution in [2.75, 3.05) is 0 Å². The Morgan fingerprint density at radius 3 is 1.35 bits per heavy atom. The number of halogens is 10. The summed E-state index contributed by atoms with van der Waals surface area (Å²) in [4.78, 5) is 0. The molecule has 1 atom stereocenters. The quantitative estimate of drug-likeness (QED) is 0.677. The molecule has 10 heteroatoms. The highest BCUT2D eigenvalue weighted by molar-refractivity contribution is 5.14. The highest BCUT2D eigenvalue weighted by Crippen LogP contribution is 2.57. The molecule has 0 saturated heterocycles. The van der Waals surface area contributed by atoms with Gasteiger partial charge in [0.2, 0.25) is 0 Å². The number of alkyl halides is 8. The number of rotatable bonds is 4. The lowest BCUT2D eigenvalue weighted by Crippen LogP contribution is -2.64. The smallest absolute Gasteiger partial charge is 0.219 e. The van der Waals surface area contributed by atoms with E-state index < -0.39 is 36.5 Å². The molecule has 17 heavy (non-hydrogen) atoms. The van der Waals surface area contributed by atoms with Crippen LogP contribution in [-0.2, 0) is 0 Å². The molecule has 0 heterocycles. The summed E-state index contributed by atoms with van der Waals surface area (Å²) in [5.41, 5.74) is -6.72. The van der Waals surface area contributed by atoms with Crippen molar-refractivity contribution < 1.29 is 43.9 Å². The minimum Gasteiger partial charge on any atom is -0.219 e. The first kappa shape index (κ1) is 16.3. The average Bonchev–Trinajstić information content (AvgIpc) is 2.13. The van der Waals surface area contributed by atoms with E-state index in [0.717, 1.165) is 0 Å². The van der Waals surface area contributed by atoms with Crippen LogP contribution in [0.4, 0.5) is 43.9 Å². The van der Waals surface area contributed by atoms with E-state index in [4.69, 9.17) is 0 Å². The normalized spacial score (nSPS) is 18.4. The zero-order valence-electron chi connectivity index (χ0n) is 7.69. The molecule has 0 bridgehead atoms. The fourth-order valence-corrected chi connectivity index (χ4v) is 0.813. The van der Waals surface area contributed by atoms with Crippen LogP contribution in [0.3, 0.4) is 0 Å². The van der Waals surface area contributed by atoms with Gasteiger partial charge in [0.05, 0.1) is 0 Å². The van der Waals surface area contributed by atoms with Gasteiger partial charge in [-0.15, -0.1) is 0 Å². The molecule has 0 rings (SSSR count). The molecule has 0 fully saturated rings. The van der Waals surface area contributed by atoms with E-state index in [0.29, 0.717) is 0 Å². The fourth-order valence-electron chi connectivity index (χ4n) is 0.813. The van der Waals surface area contributed by atoms with Crippen molar-refractivity contribution in [1.82, 2.24) is 0 Å². The number of hydrogen-bond acceptors (Lipinski definition) is 0. The van der Waals surface area contributed by atoms with Gasteiger partial charge < -0.3 is 0 Å². The maximum absolute atomic E-state index is 12.7. The van der Waals surface area contributed by atoms with Crippen LogP contribution in [0, 0.1) is 13.3 Å². The Balaban J connectivity index is 5.82. The Morgan fingerprint density at radius 1 is 0.824 bits per heavy atom. The predicted octanol–water partition coefficient (Wildman–Crippen LogP) is 4.18. The van der Waals surface area contributed by atoms with E-state index in [-0.39, 0.29) is 0 Å². The molecule has 0 aliphatic carbocycles. The van der Waals surface area contributed by atoms with Crippen molar-refractivity contribution in [3.63, 3.8) is 0 Å². The molecule has 0 aliphatic heterocycles. The van der Waals surface area contributed by atoms with Crippen LogP contribution >= 0.6 is 0 Å².